The van der Waals surface area contributed by atoms with Crippen LogP contribution in [0.4, 0.5) is 0 Å². The number of nitrogens with zero attached hydrogens (tertiary/aromatic N) is 1. The number of fused-ring (bicyclic) bond motifs is 1. The molecule has 0 aliphatic heterocycles. The van der Waals surface area contributed by atoms with Gasteiger partial charge in [0.05, 0.1) is 23.6 Å². The van der Waals surface area contributed by atoms with Crippen molar-refractivity contribution in [2.75, 3.05) is 13.2 Å². The lowest BCUT2D eigenvalue weighted by Gasteiger charge is -2.18. The lowest BCUT2D eigenvalue weighted by Crippen LogP contribution is -2.10. The van der Waals surface area contributed by atoms with E-state index in [1.807, 2.05) is 32.0 Å². The van der Waals surface area contributed by atoms with Crippen LogP contribution in [-0.4, -0.2) is 37.1 Å². The minimum atomic E-state index is -4.02. The Kier molecular flexibility index (Phi) is 12.2. The molecule has 43 heavy (non-hydrogen) atoms. The van der Waals surface area contributed by atoms with Gasteiger partial charge >= 0.3 is 5.97 Å². The van der Waals surface area contributed by atoms with Crippen LogP contribution in [0.2, 0.25) is 0 Å². The van der Waals surface area contributed by atoms with Gasteiger partial charge in [0.2, 0.25) is 0 Å². The van der Waals surface area contributed by atoms with E-state index in [1.165, 1.54) is 17.7 Å². The van der Waals surface area contributed by atoms with E-state index in [4.69, 9.17) is 24.7 Å². The number of hydrogen-bond donors (Lipinski definition) is 2. The van der Waals surface area contributed by atoms with Gasteiger partial charge in [-0.05, 0) is 86.6 Å². The van der Waals surface area contributed by atoms with Crippen LogP contribution in [0.3, 0.4) is 0 Å². The molecule has 0 atom stereocenters. The molecule has 0 radical (unpaired) electrons. The van der Waals surface area contributed by atoms with Crippen molar-refractivity contribution in [1.82, 2.24) is 4.98 Å². The molecule has 0 bridgehead atoms. The van der Waals surface area contributed by atoms with Gasteiger partial charge in [-0.25, -0.2) is 0 Å². The first-order valence-corrected chi connectivity index (χ1v) is 15.9. The van der Waals surface area contributed by atoms with E-state index in [0.29, 0.717) is 38.5 Å². The van der Waals surface area contributed by atoms with Gasteiger partial charge in [0.1, 0.15) is 5.75 Å². The van der Waals surface area contributed by atoms with Crippen LogP contribution in [0.25, 0.3) is 22.0 Å². The van der Waals surface area contributed by atoms with Crippen LogP contribution in [-0.2, 0) is 32.6 Å². The van der Waals surface area contributed by atoms with E-state index in [-0.39, 0.29) is 10.9 Å². The predicted molar refractivity (Wildman–Crippen MR) is 171 cm³/mol. The van der Waals surface area contributed by atoms with Crippen molar-refractivity contribution in [2.45, 2.75) is 65.3 Å². The molecule has 0 spiro atoms. The first-order chi connectivity index (χ1) is 20.4. The van der Waals surface area contributed by atoms with Gasteiger partial charge < -0.3 is 15.2 Å². The zero-order valence-corrected chi connectivity index (χ0v) is 26.4. The van der Waals surface area contributed by atoms with Crippen molar-refractivity contribution in [3.8, 4) is 16.9 Å². The van der Waals surface area contributed by atoms with Crippen LogP contribution < -0.4 is 10.5 Å². The molecule has 0 saturated carbocycles. The van der Waals surface area contributed by atoms with Gasteiger partial charge in [-0.15, -0.1) is 0 Å². The van der Waals surface area contributed by atoms with Crippen LogP contribution in [0.5, 0.6) is 5.75 Å². The molecule has 3 N–H and O–H groups in total. The standard InChI is InChI=1S/C27H34N2O3.C7H8O3S/c1-5-31-26(30)7-6-14-32-21-12-13-24-22(16-21)27(20-10-8-19(4)9-11-20)23(17-28)25(29-24)15-18(2)3;1-6-2-4-7(5-3-6)11(8,9)10/h8-13,16,18H,5-7,14-15,17,28H2,1-4H3;2-5H,1H3,(H,8,9,10). The topological polar surface area (TPSA) is 129 Å². The summed E-state index contributed by atoms with van der Waals surface area (Å²) in [4.78, 5) is 16.4. The summed E-state index contributed by atoms with van der Waals surface area (Å²) in [7, 11) is -4.02. The van der Waals surface area contributed by atoms with E-state index in [0.717, 1.165) is 51.0 Å². The maximum atomic E-state index is 11.5. The molecular weight excluding hydrogens is 564 g/mol. The molecule has 0 amide bonds. The maximum absolute atomic E-state index is 11.5. The number of rotatable bonds is 11. The van der Waals surface area contributed by atoms with Crippen LogP contribution in [0, 0.1) is 19.8 Å². The van der Waals surface area contributed by atoms with Crippen molar-refractivity contribution >= 4 is 27.0 Å². The smallest absolute Gasteiger partial charge is 0.305 e. The molecule has 0 fully saturated rings. The van der Waals surface area contributed by atoms with E-state index in [1.54, 1.807) is 12.1 Å². The van der Waals surface area contributed by atoms with Crippen molar-refractivity contribution in [1.29, 1.82) is 0 Å². The number of pyridine rings is 1. The van der Waals surface area contributed by atoms with E-state index >= 15 is 0 Å². The normalized spacial score (nSPS) is 11.3. The summed E-state index contributed by atoms with van der Waals surface area (Å²) in [6, 6.07) is 20.5. The average Bonchev–Trinajstić information content (AvgIpc) is 2.95. The third-order valence-corrected chi connectivity index (χ3v) is 7.57. The predicted octanol–water partition coefficient (Wildman–Crippen LogP) is 6.83. The summed E-state index contributed by atoms with van der Waals surface area (Å²) < 4.78 is 40.5. The molecule has 4 aromatic rings. The number of ether oxygens (including phenoxy) is 2. The Morgan fingerprint density at radius 2 is 1.60 bits per heavy atom. The minimum Gasteiger partial charge on any atom is -0.494 e. The van der Waals surface area contributed by atoms with Gasteiger partial charge in [0.15, 0.2) is 0 Å². The monoisotopic (exact) mass is 606 g/mol. The zero-order valence-electron chi connectivity index (χ0n) is 25.6. The van der Waals surface area contributed by atoms with Gasteiger partial charge in [0.25, 0.3) is 10.1 Å². The molecule has 8 nitrogen and oxygen atoms in total. The second kappa shape index (κ2) is 15.6. The molecule has 4 rings (SSSR count). The highest BCUT2D eigenvalue weighted by Crippen LogP contribution is 2.36. The van der Waals surface area contributed by atoms with Crippen molar-refractivity contribution in [2.24, 2.45) is 11.7 Å². The lowest BCUT2D eigenvalue weighted by atomic mass is 9.91. The Labute approximate surface area is 255 Å². The molecule has 9 heteroatoms. The Balaban J connectivity index is 0.000000386. The summed E-state index contributed by atoms with van der Waals surface area (Å²) in [6.45, 7) is 11.4. The second-order valence-electron chi connectivity index (χ2n) is 10.8. The third-order valence-electron chi connectivity index (χ3n) is 6.71. The number of esters is 1. The van der Waals surface area contributed by atoms with Crippen LogP contribution >= 0.6 is 0 Å². The first kappa shape index (κ1) is 33.7. The Hall–Kier alpha value is -3.79. The number of benzene rings is 3. The highest BCUT2D eigenvalue weighted by atomic mass is 32.2. The Morgan fingerprint density at radius 3 is 2.16 bits per heavy atom. The largest absolute Gasteiger partial charge is 0.494 e. The highest BCUT2D eigenvalue weighted by Gasteiger charge is 2.17. The SMILES string of the molecule is CCOC(=O)CCCOc1ccc2nc(CC(C)C)c(CN)c(-c3ccc(C)cc3)c2c1.Cc1ccc(S(=O)(=O)O)cc1. The van der Waals surface area contributed by atoms with E-state index < -0.39 is 10.1 Å². The molecule has 0 aliphatic carbocycles. The number of carbonyl (C=O) groups is 1. The quantitative estimate of drug-likeness (QED) is 0.108. The first-order valence-electron chi connectivity index (χ1n) is 14.5. The van der Waals surface area contributed by atoms with E-state index in [9.17, 15) is 13.2 Å². The molecule has 0 saturated heterocycles. The summed E-state index contributed by atoms with van der Waals surface area (Å²) in [5.41, 5.74) is 13.8. The summed E-state index contributed by atoms with van der Waals surface area (Å²) in [6.07, 6.45) is 1.85. The number of aromatic nitrogens is 1. The lowest BCUT2D eigenvalue weighted by molar-refractivity contribution is -0.143. The van der Waals surface area contributed by atoms with Crippen LogP contribution in [0.1, 0.15) is 56.0 Å². The number of carbonyl (C=O) groups excluding carboxylic acids is 1. The number of aryl methyl sites for hydroxylation is 2. The molecule has 230 valence electrons. The van der Waals surface area contributed by atoms with Gasteiger partial charge in [-0.2, -0.15) is 8.42 Å². The molecule has 1 aromatic heterocycles. The highest BCUT2D eigenvalue weighted by molar-refractivity contribution is 7.85. The van der Waals surface area contributed by atoms with Gasteiger partial charge in [-0.1, -0.05) is 61.4 Å². The van der Waals surface area contributed by atoms with Crippen molar-refractivity contribution in [3.63, 3.8) is 0 Å². The van der Waals surface area contributed by atoms with Gasteiger partial charge in [-0.3, -0.25) is 14.3 Å². The molecule has 0 aliphatic rings. The second-order valence-corrected chi connectivity index (χ2v) is 12.2. The van der Waals surface area contributed by atoms with Gasteiger partial charge in [0, 0.05) is 24.0 Å². The Bertz CT molecular complexity index is 1620. The molecule has 0 unspecified atom stereocenters. The fourth-order valence-electron chi connectivity index (χ4n) is 4.60. The molecular formula is C34H42N2O6S. The fourth-order valence-corrected chi connectivity index (χ4v) is 5.08. The minimum absolute atomic E-state index is 0.0666. The maximum Gasteiger partial charge on any atom is 0.305 e. The Morgan fingerprint density at radius 1 is 0.977 bits per heavy atom. The number of hydrogen-bond acceptors (Lipinski definition) is 7. The third kappa shape index (κ3) is 9.88. The summed E-state index contributed by atoms with van der Waals surface area (Å²) >= 11 is 0. The zero-order chi connectivity index (χ0) is 31.6. The summed E-state index contributed by atoms with van der Waals surface area (Å²) in [5, 5.41) is 1.03. The fraction of sp³-hybridized carbons (Fsp3) is 0.353. The number of nitrogens with two attached hydrogens (primary N) is 1. The van der Waals surface area contributed by atoms with Crippen molar-refractivity contribution < 1.29 is 27.2 Å². The average molecular weight is 607 g/mol. The van der Waals surface area contributed by atoms with Crippen molar-refractivity contribution in [3.05, 3.63) is 89.1 Å². The molecule has 3 aromatic carbocycles. The van der Waals surface area contributed by atoms with Crippen LogP contribution in [0.15, 0.2) is 71.6 Å². The van der Waals surface area contributed by atoms with E-state index in [2.05, 4.69) is 45.0 Å². The summed E-state index contributed by atoms with van der Waals surface area (Å²) in [5.74, 6) is 1.06. The molecule has 1 heterocycles.